The fraction of sp³-hybridized carbons (Fsp3) is 0.150. The molecule has 5 aromatic carbocycles. The summed E-state index contributed by atoms with van der Waals surface area (Å²) >= 11 is 0. The summed E-state index contributed by atoms with van der Waals surface area (Å²) in [7, 11) is 0. The highest BCUT2D eigenvalue weighted by molar-refractivity contribution is 5.94. The summed E-state index contributed by atoms with van der Waals surface area (Å²) in [5.41, 5.74) is 5.66. The number of benzene rings is 5. The SMILES string of the molecule is O=C(NC(=NCc1cccc(CN=C(NCc2ccccc2)NC(=O)OCc2ccccc2)c1)NCc1ccccc1)OCc1ccccc1. The van der Waals surface area contributed by atoms with Crippen LogP contribution in [0.1, 0.15) is 33.4 Å². The van der Waals surface area contributed by atoms with Gasteiger partial charge in [0.05, 0.1) is 13.1 Å². The molecule has 254 valence electrons. The van der Waals surface area contributed by atoms with Crippen molar-refractivity contribution >= 4 is 24.1 Å². The normalized spacial score (nSPS) is 11.3. The van der Waals surface area contributed by atoms with Crippen LogP contribution in [0, 0.1) is 0 Å². The molecular formula is C40H40N6O4. The van der Waals surface area contributed by atoms with Crippen LogP contribution in [0.3, 0.4) is 0 Å². The van der Waals surface area contributed by atoms with Crippen LogP contribution in [-0.2, 0) is 48.9 Å². The molecule has 50 heavy (non-hydrogen) atoms. The molecule has 10 heteroatoms. The number of nitrogens with one attached hydrogen (secondary N) is 4. The lowest BCUT2D eigenvalue weighted by atomic mass is 10.1. The first-order chi connectivity index (χ1) is 24.6. The van der Waals surface area contributed by atoms with Crippen LogP contribution in [0.2, 0.25) is 0 Å². The summed E-state index contributed by atoms with van der Waals surface area (Å²) < 4.78 is 10.8. The van der Waals surface area contributed by atoms with Crippen molar-refractivity contribution in [1.29, 1.82) is 0 Å². The zero-order valence-corrected chi connectivity index (χ0v) is 27.6. The standard InChI is InChI=1S/C40H40N6O4/c47-39(49-29-33-18-9-3-10-19-33)45-37(41-25-31-14-5-1-6-15-31)43-27-35-22-13-23-36(24-35)28-44-38(42-26-32-16-7-2-8-17-32)46-40(48)50-30-34-20-11-4-12-21-34/h1-24H,25-30H2,(H2,41,43,45,47)(H2,42,44,46,48). The van der Waals surface area contributed by atoms with Crippen molar-refractivity contribution in [1.82, 2.24) is 21.3 Å². The molecule has 0 aliphatic heterocycles. The van der Waals surface area contributed by atoms with Crippen LogP contribution >= 0.6 is 0 Å². The fourth-order valence-corrected chi connectivity index (χ4v) is 4.72. The van der Waals surface area contributed by atoms with Gasteiger partial charge in [0.25, 0.3) is 0 Å². The van der Waals surface area contributed by atoms with Crippen LogP contribution < -0.4 is 21.3 Å². The van der Waals surface area contributed by atoms with E-state index >= 15 is 0 Å². The number of aliphatic imine (C=N–C) groups is 2. The molecule has 0 bridgehead atoms. The summed E-state index contributed by atoms with van der Waals surface area (Å²) in [6.45, 7) is 1.79. The van der Waals surface area contributed by atoms with Crippen molar-refractivity contribution in [2.45, 2.75) is 39.4 Å². The minimum atomic E-state index is -0.610. The first-order valence-corrected chi connectivity index (χ1v) is 16.3. The summed E-state index contributed by atoms with van der Waals surface area (Å²) in [5, 5.41) is 11.9. The predicted octanol–water partition coefficient (Wildman–Crippen LogP) is 6.83. The topological polar surface area (TPSA) is 125 Å². The van der Waals surface area contributed by atoms with Crippen molar-refractivity contribution in [3.05, 3.63) is 179 Å². The second kappa shape index (κ2) is 19.4. The van der Waals surface area contributed by atoms with Gasteiger partial charge in [-0.1, -0.05) is 146 Å². The largest absolute Gasteiger partial charge is 0.444 e. The Balaban J connectivity index is 1.23. The molecule has 0 saturated carbocycles. The van der Waals surface area contributed by atoms with Gasteiger partial charge >= 0.3 is 12.2 Å². The molecule has 2 amide bonds. The Labute approximate surface area is 292 Å². The minimum Gasteiger partial charge on any atom is -0.444 e. The number of guanidine groups is 2. The summed E-state index contributed by atoms with van der Waals surface area (Å²) in [6.07, 6.45) is -1.22. The quantitative estimate of drug-likeness (QED) is 0.0853. The van der Waals surface area contributed by atoms with Gasteiger partial charge in [-0.05, 0) is 33.4 Å². The molecule has 0 spiro atoms. The Morgan fingerprint density at radius 2 is 0.780 bits per heavy atom. The molecule has 5 rings (SSSR count). The molecule has 0 aromatic heterocycles. The van der Waals surface area contributed by atoms with E-state index in [1.807, 2.05) is 146 Å². The Bertz CT molecular complexity index is 1700. The first kappa shape index (κ1) is 34.9. The monoisotopic (exact) mass is 668 g/mol. The highest BCUT2D eigenvalue weighted by Crippen LogP contribution is 2.09. The fourth-order valence-electron chi connectivity index (χ4n) is 4.72. The second-order valence-electron chi connectivity index (χ2n) is 11.2. The Kier molecular flexibility index (Phi) is 13.6. The molecule has 0 heterocycles. The molecule has 0 unspecified atom stereocenters. The van der Waals surface area contributed by atoms with E-state index in [2.05, 4.69) is 31.3 Å². The number of amides is 2. The van der Waals surface area contributed by atoms with Gasteiger partial charge < -0.3 is 20.1 Å². The third-order valence-corrected chi connectivity index (χ3v) is 7.30. The average molecular weight is 669 g/mol. The molecule has 0 atom stereocenters. The van der Waals surface area contributed by atoms with E-state index in [9.17, 15) is 9.59 Å². The van der Waals surface area contributed by atoms with Gasteiger partial charge in [0.1, 0.15) is 13.2 Å². The molecule has 10 nitrogen and oxygen atoms in total. The maximum atomic E-state index is 12.7. The van der Waals surface area contributed by atoms with Crippen LogP contribution in [-0.4, -0.2) is 24.1 Å². The van der Waals surface area contributed by atoms with Gasteiger partial charge in [-0.2, -0.15) is 0 Å². The zero-order chi connectivity index (χ0) is 34.6. The lowest BCUT2D eigenvalue weighted by Gasteiger charge is -2.13. The molecule has 0 aliphatic carbocycles. The van der Waals surface area contributed by atoms with E-state index in [0.717, 1.165) is 33.4 Å². The third kappa shape index (κ3) is 12.6. The Morgan fingerprint density at radius 1 is 0.440 bits per heavy atom. The zero-order valence-electron chi connectivity index (χ0n) is 27.6. The Morgan fingerprint density at radius 3 is 1.16 bits per heavy atom. The highest BCUT2D eigenvalue weighted by Gasteiger charge is 2.10. The molecule has 4 N–H and O–H groups in total. The van der Waals surface area contributed by atoms with Crippen molar-refractivity contribution in [3.8, 4) is 0 Å². The van der Waals surface area contributed by atoms with Crippen LogP contribution in [0.25, 0.3) is 0 Å². The lowest BCUT2D eigenvalue weighted by Crippen LogP contribution is -2.41. The van der Waals surface area contributed by atoms with Gasteiger partial charge in [0, 0.05) is 13.1 Å². The maximum absolute atomic E-state index is 12.7. The van der Waals surface area contributed by atoms with Crippen LogP contribution in [0.15, 0.2) is 156 Å². The van der Waals surface area contributed by atoms with Gasteiger partial charge in [-0.3, -0.25) is 10.6 Å². The lowest BCUT2D eigenvalue weighted by molar-refractivity contribution is 0.144. The van der Waals surface area contributed by atoms with Crippen molar-refractivity contribution in [3.63, 3.8) is 0 Å². The van der Waals surface area contributed by atoms with Gasteiger partial charge in [0.15, 0.2) is 0 Å². The molecular weight excluding hydrogens is 628 g/mol. The smallest absolute Gasteiger partial charge is 0.414 e. The highest BCUT2D eigenvalue weighted by atomic mass is 16.6. The maximum Gasteiger partial charge on any atom is 0.414 e. The number of nitrogens with zero attached hydrogens (tertiary/aromatic N) is 2. The van der Waals surface area contributed by atoms with Crippen molar-refractivity contribution in [2.24, 2.45) is 9.98 Å². The third-order valence-electron chi connectivity index (χ3n) is 7.30. The summed E-state index contributed by atoms with van der Waals surface area (Å²) in [6, 6.07) is 46.4. The van der Waals surface area contributed by atoms with Crippen LogP contribution in [0.5, 0.6) is 0 Å². The van der Waals surface area contributed by atoms with Crippen LogP contribution in [0.4, 0.5) is 9.59 Å². The van der Waals surface area contributed by atoms with Gasteiger partial charge in [-0.25, -0.2) is 19.6 Å². The van der Waals surface area contributed by atoms with E-state index in [-0.39, 0.29) is 26.3 Å². The number of hydrogen-bond acceptors (Lipinski definition) is 6. The van der Waals surface area contributed by atoms with Gasteiger partial charge in [-0.15, -0.1) is 0 Å². The second-order valence-corrected chi connectivity index (χ2v) is 11.2. The molecule has 0 saturated heterocycles. The average Bonchev–Trinajstić information content (AvgIpc) is 3.17. The van der Waals surface area contributed by atoms with E-state index < -0.39 is 12.2 Å². The van der Waals surface area contributed by atoms with E-state index in [0.29, 0.717) is 25.0 Å². The van der Waals surface area contributed by atoms with Gasteiger partial charge in [0.2, 0.25) is 11.9 Å². The molecule has 0 fully saturated rings. The Hall–Kier alpha value is -6.42. The number of carbonyl (C=O) groups excluding carboxylic acids is 2. The molecule has 0 radical (unpaired) electrons. The number of alkyl carbamates (subject to hydrolysis) is 2. The van der Waals surface area contributed by atoms with E-state index in [4.69, 9.17) is 9.47 Å². The summed E-state index contributed by atoms with van der Waals surface area (Å²) in [4.78, 5) is 34.7. The minimum absolute atomic E-state index is 0.142. The first-order valence-electron chi connectivity index (χ1n) is 16.3. The number of hydrogen-bond donors (Lipinski definition) is 4. The van der Waals surface area contributed by atoms with Crippen molar-refractivity contribution < 1.29 is 19.1 Å². The van der Waals surface area contributed by atoms with E-state index in [1.165, 1.54) is 0 Å². The summed E-state index contributed by atoms with van der Waals surface area (Å²) in [5.74, 6) is 0.585. The van der Waals surface area contributed by atoms with E-state index in [1.54, 1.807) is 0 Å². The number of carbonyl (C=O) groups is 2. The number of rotatable bonds is 12. The molecule has 0 aliphatic rings. The predicted molar refractivity (Wildman–Crippen MR) is 195 cm³/mol. The van der Waals surface area contributed by atoms with Crippen molar-refractivity contribution in [2.75, 3.05) is 0 Å². The number of ether oxygens (including phenoxy) is 2. The molecule has 5 aromatic rings.